The smallest absolute Gasteiger partial charge is 0.356 e. The normalized spacial score (nSPS) is 10.7. The van der Waals surface area contributed by atoms with E-state index < -0.39 is 5.97 Å². The van der Waals surface area contributed by atoms with Gasteiger partial charge in [-0.1, -0.05) is 0 Å². The van der Waals surface area contributed by atoms with E-state index in [1.165, 1.54) is 0 Å². The Morgan fingerprint density at radius 1 is 1.75 bits per heavy atom. The van der Waals surface area contributed by atoms with Crippen LogP contribution in [0.5, 0.6) is 0 Å². The van der Waals surface area contributed by atoms with Gasteiger partial charge in [0.25, 0.3) is 0 Å². The summed E-state index contributed by atoms with van der Waals surface area (Å²) in [5.74, 6) is -0.979. The van der Waals surface area contributed by atoms with Crippen molar-refractivity contribution in [2.24, 2.45) is 0 Å². The SMILES string of the molecule is CC(C)n1nc(C(=O)O)cc1I. The highest BCUT2D eigenvalue weighted by atomic mass is 127. The first kappa shape index (κ1) is 9.50. The summed E-state index contributed by atoms with van der Waals surface area (Å²) in [5.41, 5.74) is 0.105. The number of hydrogen-bond donors (Lipinski definition) is 1. The number of aromatic carboxylic acids is 1. The second kappa shape index (κ2) is 3.42. The van der Waals surface area contributed by atoms with Gasteiger partial charge in [-0.3, -0.25) is 4.68 Å². The van der Waals surface area contributed by atoms with Gasteiger partial charge in [0, 0.05) is 12.1 Å². The van der Waals surface area contributed by atoms with Crippen molar-refractivity contribution in [3.63, 3.8) is 0 Å². The predicted octanol–water partition coefficient (Wildman–Crippen LogP) is 1.77. The summed E-state index contributed by atoms with van der Waals surface area (Å²) in [5, 5.41) is 12.5. The molecule has 0 spiro atoms. The van der Waals surface area contributed by atoms with E-state index in [2.05, 4.69) is 27.7 Å². The number of hydrogen-bond acceptors (Lipinski definition) is 2. The Balaban J connectivity index is 3.09. The second-order valence-corrected chi connectivity index (χ2v) is 3.80. The molecule has 0 aromatic carbocycles. The van der Waals surface area contributed by atoms with E-state index >= 15 is 0 Å². The quantitative estimate of drug-likeness (QED) is 0.840. The molecule has 4 nitrogen and oxygen atoms in total. The number of nitrogens with zero attached hydrogens (tertiary/aromatic N) is 2. The van der Waals surface area contributed by atoms with Crippen LogP contribution in [-0.2, 0) is 0 Å². The highest BCUT2D eigenvalue weighted by Crippen LogP contribution is 2.13. The lowest BCUT2D eigenvalue weighted by Crippen LogP contribution is -2.06. The number of halogens is 1. The van der Waals surface area contributed by atoms with Crippen molar-refractivity contribution in [3.8, 4) is 0 Å². The van der Waals surface area contributed by atoms with E-state index in [1.807, 2.05) is 13.8 Å². The van der Waals surface area contributed by atoms with Crippen LogP contribution in [0.25, 0.3) is 0 Å². The van der Waals surface area contributed by atoms with E-state index in [0.717, 1.165) is 3.70 Å². The lowest BCUT2D eigenvalue weighted by molar-refractivity contribution is 0.0689. The molecule has 1 N–H and O–H groups in total. The van der Waals surface area contributed by atoms with Crippen LogP contribution >= 0.6 is 22.6 Å². The zero-order valence-corrected chi connectivity index (χ0v) is 8.94. The fourth-order valence-electron chi connectivity index (χ4n) is 0.838. The number of carbonyl (C=O) groups is 1. The fraction of sp³-hybridized carbons (Fsp3) is 0.429. The minimum Gasteiger partial charge on any atom is -0.476 e. The molecule has 0 atom stereocenters. The molecule has 66 valence electrons. The largest absolute Gasteiger partial charge is 0.476 e. The number of carboxylic acid groups (broad SMARTS) is 1. The first-order valence-corrected chi connectivity index (χ1v) is 4.58. The monoisotopic (exact) mass is 280 g/mol. The van der Waals surface area contributed by atoms with Gasteiger partial charge >= 0.3 is 5.97 Å². The Hall–Kier alpha value is -0.590. The molecule has 1 heterocycles. The Bertz CT molecular complexity index is 306. The van der Waals surface area contributed by atoms with Crippen LogP contribution in [0.4, 0.5) is 0 Å². The van der Waals surface area contributed by atoms with Crippen LogP contribution in [0.1, 0.15) is 30.4 Å². The average Bonchev–Trinajstić information content (AvgIpc) is 2.30. The highest BCUT2D eigenvalue weighted by molar-refractivity contribution is 14.1. The predicted molar refractivity (Wildman–Crippen MR) is 52.3 cm³/mol. The number of aromatic nitrogens is 2. The zero-order valence-electron chi connectivity index (χ0n) is 6.78. The molecule has 0 unspecified atom stereocenters. The van der Waals surface area contributed by atoms with Gasteiger partial charge in [0.15, 0.2) is 5.69 Å². The maximum absolute atomic E-state index is 10.5. The van der Waals surface area contributed by atoms with Gasteiger partial charge in [-0.05, 0) is 36.4 Å². The third-order valence-electron chi connectivity index (χ3n) is 1.40. The Kier molecular flexibility index (Phi) is 2.71. The third-order valence-corrected chi connectivity index (χ3v) is 2.20. The number of carboxylic acids is 1. The van der Waals surface area contributed by atoms with Crippen molar-refractivity contribution in [1.82, 2.24) is 9.78 Å². The molecule has 0 saturated carbocycles. The Labute approximate surface area is 83.7 Å². The molecule has 1 aromatic rings. The van der Waals surface area contributed by atoms with Gasteiger partial charge in [0.05, 0.1) is 0 Å². The number of rotatable bonds is 2. The molecule has 0 fully saturated rings. The first-order chi connectivity index (χ1) is 5.52. The average molecular weight is 280 g/mol. The first-order valence-electron chi connectivity index (χ1n) is 3.50. The lowest BCUT2D eigenvalue weighted by Gasteiger charge is -2.05. The van der Waals surface area contributed by atoms with E-state index in [1.54, 1.807) is 10.7 Å². The van der Waals surface area contributed by atoms with Crippen LogP contribution in [0.2, 0.25) is 0 Å². The topological polar surface area (TPSA) is 55.1 Å². The lowest BCUT2D eigenvalue weighted by atomic mass is 10.4. The van der Waals surface area contributed by atoms with Gasteiger partial charge in [-0.15, -0.1) is 0 Å². The zero-order chi connectivity index (χ0) is 9.30. The third kappa shape index (κ3) is 1.77. The minimum atomic E-state index is -0.979. The van der Waals surface area contributed by atoms with Gasteiger partial charge in [-0.2, -0.15) is 5.10 Å². The fourth-order valence-corrected chi connectivity index (χ4v) is 1.80. The molecule has 0 amide bonds. The molecule has 1 rings (SSSR count). The summed E-state index contributed by atoms with van der Waals surface area (Å²) in [6.07, 6.45) is 0. The van der Waals surface area contributed by atoms with Crippen molar-refractivity contribution in [1.29, 1.82) is 0 Å². The van der Waals surface area contributed by atoms with Gasteiger partial charge in [0.2, 0.25) is 0 Å². The maximum atomic E-state index is 10.5. The van der Waals surface area contributed by atoms with Gasteiger partial charge < -0.3 is 5.11 Å². The molecule has 12 heavy (non-hydrogen) atoms. The van der Waals surface area contributed by atoms with Crippen LogP contribution in [0.3, 0.4) is 0 Å². The molecule has 0 aliphatic heterocycles. The molecule has 0 aliphatic carbocycles. The summed E-state index contributed by atoms with van der Waals surface area (Å²) in [4.78, 5) is 10.5. The van der Waals surface area contributed by atoms with Crippen molar-refractivity contribution in [2.45, 2.75) is 19.9 Å². The summed E-state index contributed by atoms with van der Waals surface area (Å²) in [7, 11) is 0. The molecule has 0 bridgehead atoms. The van der Waals surface area contributed by atoms with Gasteiger partial charge in [0.1, 0.15) is 3.70 Å². The molecule has 1 aromatic heterocycles. The summed E-state index contributed by atoms with van der Waals surface area (Å²) < 4.78 is 2.53. The Morgan fingerprint density at radius 2 is 2.33 bits per heavy atom. The van der Waals surface area contributed by atoms with E-state index in [4.69, 9.17) is 5.11 Å². The molecule has 0 aliphatic rings. The molecule has 0 radical (unpaired) electrons. The van der Waals surface area contributed by atoms with Crippen molar-refractivity contribution in [3.05, 3.63) is 15.5 Å². The summed E-state index contributed by atoms with van der Waals surface area (Å²) in [6.45, 7) is 3.92. The molecule has 0 saturated heterocycles. The van der Waals surface area contributed by atoms with Crippen molar-refractivity contribution in [2.75, 3.05) is 0 Å². The molecule has 5 heteroatoms. The molecular weight excluding hydrogens is 271 g/mol. The van der Waals surface area contributed by atoms with Crippen LogP contribution < -0.4 is 0 Å². The second-order valence-electron chi connectivity index (χ2n) is 2.70. The van der Waals surface area contributed by atoms with E-state index in [9.17, 15) is 4.79 Å². The Morgan fingerprint density at radius 3 is 2.58 bits per heavy atom. The van der Waals surface area contributed by atoms with Gasteiger partial charge in [-0.25, -0.2) is 4.79 Å². The van der Waals surface area contributed by atoms with E-state index in [-0.39, 0.29) is 11.7 Å². The maximum Gasteiger partial charge on any atom is 0.356 e. The van der Waals surface area contributed by atoms with Crippen LogP contribution in [0, 0.1) is 3.70 Å². The van der Waals surface area contributed by atoms with Crippen molar-refractivity contribution < 1.29 is 9.90 Å². The minimum absolute atomic E-state index is 0.105. The van der Waals surface area contributed by atoms with Crippen LogP contribution in [-0.4, -0.2) is 20.9 Å². The van der Waals surface area contributed by atoms with E-state index in [0.29, 0.717) is 0 Å². The standard InChI is InChI=1S/C7H9IN2O2/c1-4(2)10-6(8)3-5(9-10)7(11)12/h3-4H,1-2H3,(H,11,12). The molecular formula is C7H9IN2O2. The summed E-state index contributed by atoms with van der Waals surface area (Å²) in [6, 6.07) is 1.76. The highest BCUT2D eigenvalue weighted by Gasteiger charge is 2.12. The van der Waals surface area contributed by atoms with Crippen LogP contribution in [0.15, 0.2) is 6.07 Å². The summed E-state index contributed by atoms with van der Waals surface area (Å²) >= 11 is 2.07. The van der Waals surface area contributed by atoms with Crippen molar-refractivity contribution >= 4 is 28.6 Å².